The van der Waals surface area contributed by atoms with Crippen LogP contribution in [0.25, 0.3) is 0 Å². The van der Waals surface area contributed by atoms with E-state index in [0.29, 0.717) is 18.4 Å². The highest BCUT2D eigenvalue weighted by molar-refractivity contribution is 5.91. The predicted molar refractivity (Wildman–Crippen MR) is 105 cm³/mol. The molecule has 0 radical (unpaired) electrons. The summed E-state index contributed by atoms with van der Waals surface area (Å²) in [5.74, 6) is 1.21. The summed E-state index contributed by atoms with van der Waals surface area (Å²) < 4.78 is 0. The largest absolute Gasteiger partial charge is 0.355 e. The van der Waals surface area contributed by atoms with Crippen molar-refractivity contribution in [2.45, 2.75) is 46.6 Å². The van der Waals surface area contributed by atoms with Crippen molar-refractivity contribution >= 4 is 11.7 Å². The lowest BCUT2D eigenvalue weighted by molar-refractivity contribution is 0.0751. The van der Waals surface area contributed by atoms with Gasteiger partial charge in [0.25, 0.3) is 5.91 Å². The molecular weight excluding hydrogens is 326 g/mol. The van der Waals surface area contributed by atoms with Crippen molar-refractivity contribution in [1.29, 1.82) is 0 Å². The fourth-order valence-electron chi connectivity index (χ4n) is 3.70. The van der Waals surface area contributed by atoms with Crippen LogP contribution in [0.15, 0.2) is 11.1 Å². The van der Waals surface area contributed by atoms with Gasteiger partial charge in [-0.15, -0.1) is 0 Å². The van der Waals surface area contributed by atoms with Crippen molar-refractivity contribution < 1.29 is 4.79 Å². The molecule has 26 heavy (non-hydrogen) atoms. The molecule has 6 nitrogen and oxygen atoms in total. The van der Waals surface area contributed by atoms with E-state index in [9.17, 15) is 4.79 Å². The number of carbonyl (C=O) groups excluding carboxylic acids is 1. The Hall–Kier alpha value is -1.95. The molecule has 3 heterocycles. The van der Waals surface area contributed by atoms with Gasteiger partial charge in [-0.3, -0.25) is 4.79 Å². The van der Waals surface area contributed by atoms with Gasteiger partial charge in [0, 0.05) is 43.5 Å². The first-order chi connectivity index (χ1) is 12.3. The van der Waals surface area contributed by atoms with Crippen molar-refractivity contribution in [2.75, 3.05) is 45.2 Å². The Labute approximate surface area is 156 Å². The van der Waals surface area contributed by atoms with Crippen LogP contribution in [0.5, 0.6) is 0 Å². The maximum Gasteiger partial charge on any atom is 0.292 e. The van der Waals surface area contributed by atoms with Crippen molar-refractivity contribution in [3.63, 3.8) is 0 Å². The first-order valence-corrected chi connectivity index (χ1v) is 9.49. The summed E-state index contributed by atoms with van der Waals surface area (Å²) in [7, 11) is 4.24. The van der Waals surface area contributed by atoms with Gasteiger partial charge in [-0.1, -0.05) is 11.1 Å². The molecular formula is C20H31N5O. The Kier molecular flexibility index (Phi) is 5.32. The highest BCUT2D eigenvalue weighted by atomic mass is 16.2. The Morgan fingerprint density at radius 3 is 2.42 bits per heavy atom. The normalized spacial score (nSPS) is 21.1. The fourth-order valence-corrected chi connectivity index (χ4v) is 3.70. The van der Waals surface area contributed by atoms with E-state index < -0.39 is 0 Å². The molecule has 0 aromatic carbocycles. The molecule has 0 aliphatic carbocycles. The molecule has 0 unspecified atom stereocenters. The molecule has 0 saturated carbocycles. The minimum atomic E-state index is -0.0513. The molecule has 0 bridgehead atoms. The summed E-state index contributed by atoms with van der Waals surface area (Å²) >= 11 is 0. The van der Waals surface area contributed by atoms with Gasteiger partial charge < -0.3 is 14.7 Å². The lowest BCUT2D eigenvalue weighted by Gasteiger charge is -2.29. The van der Waals surface area contributed by atoms with Gasteiger partial charge in [-0.25, -0.2) is 9.97 Å². The van der Waals surface area contributed by atoms with Crippen molar-refractivity contribution in [1.82, 2.24) is 19.8 Å². The average molecular weight is 358 g/mol. The minimum absolute atomic E-state index is 0.0513. The van der Waals surface area contributed by atoms with E-state index in [-0.39, 0.29) is 5.91 Å². The molecule has 2 aliphatic rings. The van der Waals surface area contributed by atoms with Crippen LogP contribution in [0, 0.1) is 13.8 Å². The third-order valence-electron chi connectivity index (χ3n) is 5.95. The first-order valence-electron chi connectivity index (χ1n) is 9.49. The SMILES string of the molecule is CC1=C(C)CN(C(=O)c2nc(C)c(C)c(N3CC[C@@H](N(C)C)C3)n2)CC1. The number of amides is 1. The van der Waals surface area contributed by atoms with Gasteiger partial charge in [0.05, 0.1) is 0 Å². The summed E-state index contributed by atoms with van der Waals surface area (Å²) in [5.41, 5.74) is 4.64. The van der Waals surface area contributed by atoms with Crippen molar-refractivity contribution in [2.24, 2.45) is 0 Å². The monoisotopic (exact) mass is 357 g/mol. The first kappa shape index (κ1) is 18.8. The molecule has 142 valence electrons. The summed E-state index contributed by atoms with van der Waals surface area (Å²) in [4.78, 5) is 28.7. The number of rotatable bonds is 3. The van der Waals surface area contributed by atoms with Crippen LogP contribution < -0.4 is 4.90 Å². The third kappa shape index (κ3) is 3.61. The standard InChI is InChI=1S/C20H31N5O/c1-13-7-9-25(11-14(13)2)20(26)18-21-16(4)15(3)19(22-18)24-10-8-17(12-24)23(5)6/h17H,7-12H2,1-6H3/t17-/m1/s1. The van der Waals surface area contributed by atoms with E-state index >= 15 is 0 Å². The number of anilines is 1. The second-order valence-corrected chi connectivity index (χ2v) is 7.97. The zero-order chi connectivity index (χ0) is 19.0. The molecule has 1 fully saturated rings. The van der Waals surface area contributed by atoms with Gasteiger partial charge in [0.15, 0.2) is 0 Å². The van der Waals surface area contributed by atoms with Crippen LogP contribution in [-0.2, 0) is 0 Å². The number of aryl methyl sites for hydroxylation is 1. The van der Waals surface area contributed by atoms with E-state index in [1.54, 1.807) is 0 Å². The Morgan fingerprint density at radius 2 is 1.81 bits per heavy atom. The van der Waals surface area contributed by atoms with Crippen LogP contribution in [0.1, 0.15) is 48.6 Å². The summed E-state index contributed by atoms with van der Waals surface area (Å²) in [6.07, 6.45) is 2.06. The topological polar surface area (TPSA) is 52.6 Å². The van der Waals surface area contributed by atoms with Gasteiger partial charge >= 0.3 is 0 Å². The van der Waals surface area contributed by atoms with Gasteiger partial charge in [0.2, 0.25) is 5.82 Å². The van der Waals surface area contributed by atoms with Crippen LogP contribution in [0.3, 0.4) is 0 Å². The number of hydrogen-bond donors (Lipinski definition) is 0. The maximum atomic E-state index is 13.0. The van der Waals surface area contributed by atoms with E-state index in [4.69, 9.17) is 4.98 Å². The molecule has 1 saturated heterocycles. The molecule has 1 amide bonds. The van der Waals surface area contributed by atoms with E-state index in [1.165, 1.54) is 11.1 Å². The van der Waals surface area contributed by atoms with Gasteiger partial charge in [-0.2, -0.15) is 0 Å². The second-order valence-electron chi connectivity index (χ2n) is 7.97. The van der Waals surface area contributed by atoms with Crippen LogP contribution in [0.4, 0.5) is 5.82 Å². The van der Waals surface area contributed by atoms with E-state index in [1.807, 2.05) is 11.8 Å². The number of hydrogen-bond acceptors (Lipinski definition) is 5. The van der Waals surface area contributed by atoms with Crippen molar-refractivity contribution in [3.05, 3.63) is 28.2 Å². The summed E-state index contributed by atoms with van der Waals surface area (Å²) in [5, 5.41) is 0. The molecule has 1 aromatic rings. The molecule has 6 heteroatoms. The smallest absolute Gasteiger partial charge is 0.292 e. The highest BCUT2D eigenvalue weighted by Crippen LogP contribution is 2.26. The number of nitrogens with zero attached hydrogens (tertiary/aromatic N) is 5. The Bertz CT molecular complexity index is 740. The molecule has 1 aromatic heterocycles. The predicted octanol–water partition coefficient (Wildman–Crippen LogP) is 2.42. The second kappa shape index (κ2) is 7.35. The summed E-state index contributed by atoms with van der Waals surface area (Å²) in [6.45, 7) is 11.6. The fraction of sp³-hybridized carbons (Fsp3) is 0.650. The zero-order valence-corrected chi connectivity index (χ0v) is 17.0. The van der Waals surface area contributed by atoms with Crippen LogP contribution in [0.2, 0.25) is 0 Å². The van der Waals surface area contributed by atoms with Gasteiger partial charge in [0.1, 0.15) is 5.82 Å². The van der Waals surface area contributed by atoms with E-state index in [0.717, 1.165) is 49.6 Å². The molecule has 3 rings (SSSR count). The quantitative estimate of drug-likeness (QED) is 0.778. The number of carbonyl (C=O) groups is 1. The Balaban J connectivity index is 1.86. The zero-order valence-electron chi connectivity index (χ0n) is 17.0. The van der Waals surface area contributed by atoms with Crippen molar-refractivity contribution in [3.8, 4) is 0 Å². The van der Waals surface area contributed by atoms with Crippen LogP contribution >= 0.6 is 0 Å². The molecule has 0 N–H and O–H groups in total. The molecule has 1 atom stereocenters. The lowest BCUT2D eigenvalue weighted by Crippen LogP contribution is -2.38. The maximum absolute atomic E-state index is 13.0. The number of likely N-dealkylation sites (N-methyl/N-ethyl adjacent to an activating group) is 1. The summed E-state index contributed by atoms with van der Waals surface area (Å²) in [6, 6.07) is 0.529. The lowest BCUT2D eigenvalue weighted by atomic mass is 10.0. The third-order valence-corrected chi connectivity index (χ3v) is 5.95. The van der Waals surface area contributed by atoms with Gasteiger partial charge in [-0.05, 0) is 54.6 Å². The van der Waals surface area contributed by atoms with E-state index in [2.05, 4.69) is 49.7 Å². The molecule has 2 aliphatic heterocycles. The minimum Gasteiger partial charge on any atom is -0.355 e. The highest BCUT2D eigenvalue weighted by Gasteiger charge is 2.29. The number of aromatic nitrogens is 2. The van der Waals surface area contributed by atoms with Crippen LogP contribution in [-0.4, -0.2) is 72.0 Å². The molecule has 0 spiro atoms. The average Bonchev–Trinajstić information content (AvgIpc) is 3.09. The Morgan fingerprint density at radius 1 is 1.08 bits per heavy atom.